The third-order valence-electron chi connectivity index (χ3n) is 2.27. The van der Waals surface area contributed by atoms with Crippen LogP contribution in [0.3, 0.4) is 0 Å². The van der Waals surface area contributed by atoms with E-state index in [-0.39, 0.29) is 0 Å². The van der Waals surface area contributed by atoms with Gasteiger partial charge in [-0.2, -0.15) is 5.26 Å². The Balaban J connectivity index is 2.11. The first kappa shape index (κ1) is 8.06. The summed E-state index contributed by atoms with van der Waals surface area (Å²) in [7, 11) is 0. The third kappa shape index (κ3) is 1.48. The van der Waals surface area contributed by atoms with Crippen molar-refractivity contribution in [1.29, 1.82) is 5.26 Å². The van der Waals surface area contributed by atoms with Gasteiger partial charge >= 0.3 is 0 Å². The lowest BCUT2D eigenvalue weighted by Gasteiger charge is -2.38. The van der Waals surface area contributed by atoms with Crippen LogP contribution in [0.4, 0.5) is 5.82 Å². The molecule has 3 nitrogen and oxygen atoms in total. The molecule has 0 bridgehead atoms. The highest BCUT2D eigenvalue weighted by atomic mass is 15.2. The fourth-order valence-electron chi connectivity index (χ4n) is 1.53. The van der Waals surface area contributed by atoms with Crippen molar-refractivity contribution in [2.45, 2.75) is 6.92 Å². The van der Waals surface area contributed by atoms with E-state index in [2.05, 4.69) is 22.9 Å². The molecule has 0 spiro atoms. The molecule has 1 aromatic rings. The van der Waals surface area contributed by atoms with E-state index >= 15 is 0 Å². The number of rotatable bonds is 1. The summed E-state index contributed by atoms with van der Waals surface area (Å²) in [5.41, 5.74) is 0.623. The highest BCUT2D eigenvalue weighted by Crippen LogP contribution is 2.21. The molecule has 0 aromatic carbocycles. The smallest absolute Gasteiger partial charge is 0.128 e. The summed E-state index contributed by atoms with van der Waals surface area (Å²) in [4.78, 5) is 6.42. The first-order chi connectivity index (χ1) is 6.29. The molecule has 1 aliphatic rings. The quantitative estimate of drug-likeness (QED) is 0.644. The lowest BCUT2D eigenvalue weighted by Crippen LogP contribution is -2.45. The molecule has 1 fully saturated rings. The molecule has 2 heterocycles. The van der Waals surface area contributed by atoms with Crippen LogP contribution in [-0.2, 0) is 0 Å². The summed E-state index contributed by atoms with van der Waals surface area (Å²) in [6, 6.07) is 5.77. The molecule has 0 unspecified atom stereocenters. The van der Waals surface area contributed by atoms with Crippen molar-refractivity contribution in [3.8, 4) is 6.07 Å². The maximum Gasteiger partial charge on any atom is 0.128 e. The largest absolute Gasteiger partial charge is 0.356 e. The second kappa shape index (κ2) is 3.06. The van der Waals surface area contributed by atoms with Gasteiger partial charge in [0.15, 0.2) is 0 Å². The lowest BCUT2D eigenvalue weighted by atomic mass is 10.0. The Morgan fingerprint density at radius 2 is 2.31 bits per heavy atom. The van der Waals surface area contributed by atoms with Gasteiger partial charge in [-0.1, -0.05) is 6.92 Å². The monoisotopic (exact) mass is 173 g/mol. The molecule has 0 aliphatic carbocycles. The van der Waals surface area contributed by atoms with Gasteiger partial charge in [0.05, 0.1) is 5.56 Å². The van der Waals surface area contributed by atoms with Gasteiger partial charge in [-0.05, 0) is 18.1 Å². The van der Waals surface area contributed by atoms with E-state index in [0.29, 0.717) is 5.56 Å². The number of anilines is 1. The Morgan fingerprint density at radius 3 is 2.77 bits per heavy atom. The Hall–Kier alpha value is -1.56. The maximum atomic E-state index is 8.58. The summed E-state index contributed by atoms with van der Waals surface area (Å²) in [6.45, 7) is 4.39. The van der Waals surface area contributed by atoms with Crippen molar-refractivity contribution in [2.24, 2.45) is 5.92 Å². The molecule has 2 rings (SSSR count). The van der Waals surface area contributed by atoms with Crippen LogP contribution in [-0.4, -0.2) is 18.1 Å². The Labute approximate surface area is 77.6 Å². The number of nitrogens with zero attached hydrogens (tertiary/aromatic N) is 3. The van der Waals surface area contributed by atoms with E-state index in [1.807, 2.05) is 12.1 Å². The summed E-state index contributed by atoms with van der Waals surface area (Å²) >= 11 is 0. The van der Waals surface area contributed by atoms with Crippen LogP contribution in [0.25, 0.3) is 0 Å². The van der Waals surface area contributed by atoms with E-state index < -0.39 is 0 Å². The molecule has 1 aromatic heterocycles. The molecule has 1 aliphatic heterocycles. The van der Waals surface area contributed by atoms with Crippen LogP contribution in [0, 0.1) is 17.2 Å². The molecule has 0 atom stereocenters. The zero-order valence-electron chi connectivity index (χ0n) is 7.57. The van der Waals surface area contributed by atoms with Crippen LogP contribution in [0.15, 0.2) is 18.3 Å². The second-order valence-corrected chi connectivity index (χ2v) is 3.53. The molecule has 0 saturated carbocycles. The predicted octanol–water partition coefficient (Wildman–Crippen LogP) is 1.41. The first-order valence-electron chi connectivity index (χ1n) is 4.40. The molecule has 1 saturated heterocycles. The molecule has 0 amide bonds. The minimum absolute atomic E-state index is 0.623. The van der Waals surface area contributed by atoms with Gasteiger partial charge in [-0.25, -0.2) is 4.98 Å². The van der Waals surface area contributed by atoms with Crippen LogP contribution in [0.2, 0.25) is 0 Å². The van der Waals surface area contributed by atoms with Gasteiger partial charge in [-0.15, -0.1) is 0 Å². The minimum Gasteiger partial charge on any atom is -0.356 e. The number of hydrogen-bond acceptors (Lipinski definition) is 3. The van der Waals surface area contributed by atoms with Crippen LogP contribution < -0.4 is 4.90 Å². The van der Waals surface area contributed by atoms with Gasteiger partial charge in [-0.3, -0.25) is 0 Å². The predicted molar refractivity (Wildman–Crippen MR) is 50.3 cm³/mol. The fourth-order valence-corrected chi connectivity index (χ4v) is 1.53. The minimum atomic E-state index is 0.623. The van der Waals surface area contributed by atoms with Crippen molar-refractivity contribution >= 4 is 5.82 Å². The Morgan fingerprint density at radius 1 is 1.54 bits per heavy atom. The van der Waals surface area contributed by atoms with Crippen LogP contribution in [0.1, 0.15) is 12.5 Å². The van der Waals surface area contributed by atoms with E-state index in [1.54, 1.807) is 6.20 Å². The van der Waals surface area contributed by atoms with Crippen molar-refractivity contribution in [2.75, 3.05) is 18.0 Å². The summed E-state index contributed by atoms with van der Waals surface area (Å²) in [6.07, 6.45) is 1.62. The topological polar surface area (TPSA) is 39.9 Å². The lowest BCUT2D eigenvalue weighted by molar-refractivity contribution is 0.443. The maximum absolute atomic E-state index is 8.58. The highest BCUT2D eigenvalue weighted by molar-refractivity contribution is 5.44. The van der Waals surface area contributed by atoms with E-state index in [0.717, 1.165) is 24.8 Å². The SMILES string of the molecule is CC1CN(c2ccc(C#N)cn2)C1. The van der Waals surface area contributed by atoms with E-state index in [4.69, 9.17) is 5.26 Å². The summed E-state index contributed by atoms with van der Waals surface area (Å²) in [5.74, 6) is 1.76. The zero-order chi connectivity index (χ0) is 9.26. The Kier molecular flexibility index (Phi) is 1.90. The second-order valence-electron chi connectivity index (χ2n) is 3.53. The first-order valence-corrected chi connectivity index (χ1v) is 4.40. The van der Waals surface area contributed by atoms with Gasteiger partial charge in [0, 0.05) is 19.3 Å². The average molecular weight is 173 g/mol. The third-order valence-corrected chi connectivity index (χ3v) is 2.27. The van der Waals surface area contributed by atoms with Crippen LogP contribution in [0.5, 0.6) is 0 Å². The number of hydrogen-bond donors (Lipinski definition) is 0. The van der Waals surface area contributed by atoms with E-state index in [1.165, 1.54) is 0 Å². The molecule has 0 N–H and O–H groups in total. The molecular formula is C10H11N3. The van der Waals surface area contributed by atoms with Crippen molar-refractivity contribution in [3.63, 3.8) is 0 Å². The van der Waals surface area contributed by atoms with Gasteiger partial charge in [0.25, 0.3) is 0 Å². The molecule has 66 valence electrons. The Bertz CT molecular complexity index is 330. The van der Waals surface area contributed by atoms with Crippen molar-refractivity contribution in [1.82, 2.24) is 4.98 Å². The number of aromatic nitrogens is 1. The highest BCUT2D eigenvalue weighted by Gasteiger charge is 2.23. The van der Waals surface area contributed by atoms with Gasteiger partial charge < -0.3 is 4.90 Å². The molecule has 3 heteroatoms. The summed E-state index contributed by atoms with van der Waals surface area (Å²) < 4.78 is 0. The summed E-state index contributed by atoms with van der Waals surface area (Å²) in [5, 5.41) is 8.58. The number of pyridine rings is 1. The van der Waals surface area contributed by atoms with Crippen molar-refractivity contribution in [3.05, 3.63) is 23.9 Å². The zero-order valence-corrected chi connectivity index (χ0v) is 7.57. The normalized spacial score (nSPS) is 16.5. The van der Waals surface area contributed by atoms with Gasteiger partial charge in [0.1, 0.15) is 11.9 Å². The van der Waals surface area contributed by atoms with E-state index in [9.17, 15) is 0 Å². The fraction of sp³-hybridized carbons (Fsp3) is 0.400. The standard InChI is InChI=1S/C10H11N3/c1-8-6-13(7-8)10-3-2-9(4-11)5-12-10/h2-3,5,8H,6-7H2,1H3. The molecule has 13 heavy (non-hydrogen) atoms. The van der Waals surface area contributed by atoms with Crippen LogP contribution >= 0.6 is 0 Å². The number of nitriles is 1. The van der Waals surface area contributed by atoms with Gasteiger partial charge in [0.2, 0.25) is 0 Å². The average Bonchev–Trinajstić information content (AvgIpc) is 2.13. The van der Waals surface area contributed by atoms with Crippen molar-refractivity contribution < 1.29 is 0 Å². The molecule has 0 radical (unpaired) electrons. The molecular weight excluding hydrogens is 162 g/mol.